The maximum Gasteiger partial charge on any atom is 0.255 e. The van der Waals surface area contributed by atoms with E-state index >= 15 is 0 Å². The predicted molar refractivity (Wildman–Crippen MR) is 120 cm³/mol. The van der Waals surface area contributed by atoms with Crippen molar-refractivity contribution in [1.82, 2.24) is 14.8 Å². The number of carbonyl (C=O) groups excluding carboxylic acids is 2. The SMILES string of the molecule is CN(C(=O)/C=C/c1ccc(OCC(N)=O)cc1)C1CCN(CCc2ccccn2)CC1. The van der Waals surface area contributed by atoms with Gasteiger partial charge >= 0.3 is 0 Å². The van der Waals surface area contributed by atoms with E-state index in [1.165, 1.54) is 0 Å². The van der Waals surface area contributed by atoms with Crippen molar-refractivity contribution in [2.45, 2.75) is 25.3 Å². The van der Waals surface area contributed by atoms with Gasteiger partial charge in [-0.3, -0.25) is 14.6 Å². The van der Waals surface area contributed by atoms with Gasteiger partial charge in [-0.1, -0.05) is 18.2 Å². The first-order valence-corrected chi connectivity index (χ1v) is 10.6. The number of likely N-dealkylation sites (N-methyl/N-ethyl adjacent to an activating group) is 1. The standard InChI is InChI=1S/C24H30N4O3/c1-27(21-12-16-28(17-13-21)15-11-20-4-2-3-14-26-20)24(30)10-7-19-5-8-22(9-6-19)31-18-23(25)29/h2-10,14,21H,11-13,15-18H2,1H3,(H2,25,29)/b10-7+. The lowest BCUT2D eigenvalue weighted by molar-refractivity contribution is -0.127. The zero-order chi connectivity index (χ0) is 22.1. The monoisotopic (exact) mass is 422 g/mol. The summed E-state index contributed by atoms with van der Waals surface area (Å²) in [5.41, 5.74) is 7.07. The Morgan fingerprint density at radius 3 is 2.58 bits per heavy atom. The number of nitrogens with two attached hydrogens (primary N) is 1. The van der Waals surface area contributed by atoms with Gasteiger partial charge in [-0.25, -0.2) is 0 Å². The van der Waals surface area contributed by atoms with Gasteiger partial charge in [0.2, 0.25) is 5.91 Å². The zero-order valence-electron chi connectivity index (χ0n) is 17.9. The van der Waals surface area contributed by atoms with Gasteiger partial charge in [0.1, 0.15) is 5.75 Å². The minimum atomic E-state index is -0.517. The molecule has 0 aliphatic carbocycles. The molecule has 0 radical (unpaired) electrons. The van der Waals surface area contributed by atoms with Crippen LogP contribution in [-0.2, 0) is 16.0 Å². The van der Waals surface area contributed by atoms with Gasteiger partial charge < -0.3 is 20.3 Å². The summed E-state index contributed by atoms with van der Waals surface area (Å²) in [6.07, 6.45) is 8.14. The summed E-state index contributed by atoms with van der Waals surface area (Å²) in [4.78, 5) is 32.0. The number of carbonyl (C=O) groups is 2. The van der Waals surface area contributed by atoms with E-state index in [2.05, 4.69) is 16.0 Å². The third-order valence-electron chi connectivity index (χ3n) is 5.54. The second-order valence-electron chi connectivity index (χ2n) is 7.75. The van der Waals surface area contributed by atoms with Crippen LogP contribution in [0.2, 0.25) is 0 Å². The molecule has 1 aliphatic rings. The number of hydrogen-bond donors (Lipinski definition) is 1. The van der Waals surface area contributed by atoms with Crippen LogP contribution < -0.4 is 10.5 Å². The zero-order valence-corrected chi connectivity index (χ0v) is 17.9. The summed E-state index contributed by atoms with van der Waals surface area (Å²) < 4.78 is 5.24. The number of primary amides is 1. The maximum atomic E-state index is 12.6. The Labute approximate surface area is 183 Å². The quantitative estimate of drug-likeness (QED) is 0.626. The van der Waals surface area contributed by atoms with Crippen molar-refractivity contribution in [3.8, 4) is 5.75 Å². The van der Waals surface area contributed by atoms with Crippen LogP contribution in [0.4, 0.5) is 0 Å². The number of likely N-dealkylation sites (tertiary alicyclic amines) is 1. The van der Waals surface area contributed by atoms with Crippen LogP contribution in [0.3, 0.4) is 0 Å². The Hall–Kier alpha value is -3.19. The highest BCUT2D eigenvalue weighted by Gasteiger charge is 2.24. The van der Waals surface area contributed by atoms with E-state index in [0.717, 1.165) is 50.2 Å². The molecule has 1 fully saturated rings. The lowest BCUT2D eigenvalue weighted by Crippen LogP contribution is -2.45. The molecule has 0 atom stereocenters. The molecule has 7 nitrogen and oxygen atoms in total. The molecule has 3 rings (SSSR count). The van der Waals surface area contributed by atoms with Crippen LogP contribution in [0.5, 0.6) is 5.75 Å². The normalized spacial score (nSPS) is 15.1. The summed E-state index contributed by atoms with van der Waals surface area (Å²) in [5, 5.41) is 0. The fourth-order valence-corrected chi connectivity index (χ4v) is 3.64. The number of ether oxygens (including phenoxy) is 1. The Morgan fingerprint density at radius 1 is 1.19 bits per heavy atom. The molecule has 2 N–H and O–H groups in total. The van der Waals surface area contributed by atoms with Gasteiger partial charge in [0.15, 0.2) is 6.61 Å². The molecule has 0 unspecified atom stereocenters. The van der Waals surface area contributed by atoms with Crippen molar-refractivity contribution >= 4 is 17.9 Å². The Morgan fingerprint density at radius 2 is 1.94 bits per heavy atom. The number of rotatable bonds is 9. The van der Waals surface area contributed by atoms with Crippen molar-refractivity contribution in [3.63, 3.8) is 0 Å². The number of pyridine rings is 1. The van der Waals surface area contributed by atoms with Gasteiger partial charge in [-0.05, 0) is 48.7 Å². The Bertz CT molecular complexity index is 875. The highest BCUT2D eigenvalue weighted by Crippen LogP contribution is 2.17. The smallest absolute Gasteiger partial charge is 0.255 e. The van der Waals surface area contributed by atoms with Crippen molar-refractivity contribution in [2.75, 3.05) is 33.3 Å². The molecule has 1 aliphatic heterocycles. The van der Waals surface area contributed by atoms with Gasteiger partial charge in [0.25, 0.3) is 5.91 Å². The number of piperidine rings is 1. The Balaban J connectivity index is 1.42. The average molecular weight is 423 g/mol. The molecule has 1 saturated heterocycles. The molecular weight excluding hydrogens is 392 g/mol. The highest BCUT2D eigenvalue weighted by atomic mass is 16.5. The van der Waals surface area contributed by atoms with Gasteiger partial charge in [0, 0.05) is 57.1 Å². The van der Waals surface area contributed by atoms with Crippen molar-refractivity contribution in [3.05, 3.63) is 66.0 Å². The van der Waals surface area contributed by atoms with E-state index < -0.39 is 5.91 Å². The van der Waals surface area contributed by atoms with E-state index in [9.17, 15) is 9.59 Å². The molecule has 2 heterocycles. The molecule has 2 aromatic rings. The van der Waals surface area contributed by atoms with Gasteiger partial charge in [0.05, 0.1) is 0 Å². The number of hydrogen-bond acceptors (Lipinski definition) is 5. The summed E-state index contributed by atoms with van der Waals surface area (Å²) in [5.74, 6) is 0.0480. The summed E-state index contributed by atoms with van der Waals surface area (Å²) in [6, 6.07) is 13.4. The first-order valence-electron chi connectivity index (χ1n) is 10.6. The molecule has 164 valence electrons. The fraction of sp³-hybridized carbons (Fsp3) is 0.375. The molecule has 7 heteroatoms. The molecule has 0 saturated carbocycles. The van der Waals surface area contributed by atoms with Crippen LogP contribution in [0, 0.1) is 0 Å². The molecule has 31 heavy (non-hydrogen) atoms. The van der Waals surface area contributed by atoms with Crippen molar-refractivity contribution in [2.24, 2.45) is 5.73 Å². The average Bonchev–Trinajstić information content (AvgIpc) is 2.81. The van der Waals surface area contributed by atoms with E-state index in [1.54, 1.807) is 24.3 Å². The molecule has 0 spiro atoms. The first-order chi connectivity index (χ1) is 15.0. The number of aromatic nitrogens is 1. The third kappa shape index (κ3) is 7.22. The largest absolute Gasteiger partial charge is 0.484 e. The van der Waals surface area contributed by atoms with Crippen molar-refractivity contribution < 1.29 is 14.3 Å². The van der Waals surface area contributed by atoms with Crippen LogP contribution in [-0.4, -0.2) is 65.9 Å². The minimum Gasteiger partial charge on any atom is -0.484 e. The topological polar surface area (TPSA) is 88.8 Å². The third-order valence-corrected chi connectivity index (χ3v) is 5.54. The molecule has 1 aromatic carbocycles. The van der Waals surface area contributed by atoms with E-state index in [4.69, 9.17) is 10.5 Å². The fourth-order valence-electron chi connectivity index (χ4n) is 3.64. The summed E-state index contributed by atoms with van der Waals surface area (Å²) in [6.45, 7) is 2.83. The van der Waals surface area contributed by atoms with Crippen LogP contribution in [0.1, 0.15) is 24.1 Å². The maximum absolute atomic E-state index is 12.6. The molecule has 1 aromatic heterocycles. The number of amides is 2. The van der Waals surface area contributed by atoms with E-state index in [-0.39, 0.29) is 18.6 Å². The van der Waals surface area contributed by atoms with E-state index in [1.807, 2.05) is 42.4 Å². The number of nitrogens with zero attached hydrogens (tertiary/aromatic N) is 3. The second kappa shape index (κ2) is 11.3. The minimum absolute atomic E-state index is 0.000917. The van der Waals surface area contributed by atoms with Gasteiger partial charge in [-0.2, -0.15) is 0 Å². The van der Waals surface area contributed by atoms with Crippen LogP contribution >= 0.6 is 0 Å². The first kappa shape index (κ1) is 22.5. The molecule has 0 bridgehead atoms. The summed E-state index contributed by atoms with van der Waals surface area (Å²) >= 11 is 0. The molecule has 2 amide bonds. The van der Waals surface area contributed by atoms with Crippen LogP contribution in [0.25, 0.3) is 6.08 Å². The van der Waals surface area contributed by atoms with Crippen LogP contribution in [0.15, 0.2) is 54.7 Å². The molecular formula is C24H30N4O3. The van der Waals surface area contributed by atoms with Gasteiger partial charge in [-0.15, -0.1) is 0 Å². The highest BCUT2D eigenvalue weighted by molar-refractivity contribution is 5.91. The Kier molecular flexibility index (Phi) is 8.18. The van der Waals surface area contributed by atoms with Crippen molar-refractivity contribution in [1.29, 1.82) is 0 Å². The predicted octanol–water partition coefficient (Wildman–Crippen LogP) is 2.12. The lowest BCUT2D eigenvalue weighted by Gasteiger charge is -2.36. The number of benzene rings is 1. The van der Waals surface area contributed by atoms with E-state index in [0.29, 0.717) is 5.75 Å². The lowest BCUT2D eigenvalue weighted by atomic mass is 10.0. The summed E-state index contributed by atoms with van der Waals surface area (Å²) in [7, 11) is 1.88. The second-order valence-corrected chi connectivity index (χ2v) is 7.75.